The van der Waals surface area contributed by atoms with Crippen LogP contribution in [-0.2, 0) is 19.5 Å². The predicted molar refractivity (Wildman–Crippen MR) is 3.61 cm³/mol. The second kappa shape index (κ2) is 1070. The zero-order chi connectivity index (χ0) is 0. The van der Waals surface area contributed by atoms with E-state index in [1.54, 1.807) is 0 Å². The summed E-state index contributed by atoms with van der Waals surface area (Å²) < 4.78 is 0. The van der Waals surface area contributed by atoms with Crippen LogP contribution in [0.4, 0.5) is 0 Å². The molecule has 0 saturated heterocycles. The Morgan fingerprint density at radius 2 is 0.500 bits per heavy atom. The van der Waals surface area contributed by atoms with Gasteiger partial charge in [-0.05, 0) is 0 Å². The molecule has 1 nitrogen and oxygen atoms in total. The van der Waals surface area contributed by atoms with Gasteiger partial charge in [0.1, 0.15) is 0 Å². The Bertz CT molecular complexity index is 7.51. The Kier molecular flexibility index (Phi) is 343000. The van der Waals surface area contributed by atoms with Crippen molar-refractivity contribution >= 4 is 0 Å². The van der Waals surface area contributed by atoms with Gasteiger partial charge in [-0.1, -0.05) is 0 Å². The first kappa shape index (κ1) is 1930. The third kappa shape index (κ3) is 510. The summed E-state index contributed by atoms with van der Waals surface area (Å²) in [5.74, 6) is 0. The van der Waals surface area contributed by atoms with E-state index < -0.39 is 0 Å². The molecular weight excluding hydrogens is 193 g/mol. The molecule has 0 bridgehead atoms. The van der Waals surface area contributed by atoms with Crippen LogP contribution < -0.4 is 18.8 Å². The van der Waals surface area contributed by atoms with E-state index in [4.69, 9.17) is 0 Å². The van der Waals surface area contributed by atoms with Crippen molar-refractivity contribution in [1.29, 1.82) is 0 Å². The maximum Gasteiger partial charge on any atom is 2.00 e. The zero-order valence-corrected chi connectivity index (χ0v) is 4.10. The maximum atomic E-state index is 0. The van der Waals surface area contributed by atoms with E-state index in [2.05, 4.69) is 0 Å². The van der Waals surface area contributed by atoms with Crippen molar-refractivity contribution < 1.29 is 43.8 Å². The van der Waals surface area contributed by atoms with E-state index in [9.17, 15) is 0 Å². The molecule has 0 spiro atoms. The first-order valence-corrected chi connectivity index (χ1v) is 0. The molecule has 0 aliphatic carbocycles. The molecule has 6 heteroatoms. The molecule has 0 atom stereocenters. The van der Waals surface area contributed by atoms with Crippen molar-refractivity contribution in [3.05, 3.63) is 0 Å². The second-order valence-corrected chi connectivity index (χ2v) is 0. The summed E-state index contributed by atoms with van der Waals surface area (Å²) in [6, 6.07) is 0. The number of rotatable bonds is 0. The summed E-state index contributed by atoms with van der Waals surface area (Å²) >= 11 is 0. The molecule has 2 N–H and O–H groups in total. The van der Waals surface area contributed by atoms with Crippen molar-refractivity contribution in [2.24, 2.45) is 0 Å². The van der Waals surface area contributed by atoms with Crippen LogP contribution in [0, 0.1) is 0 Å². The van der Waals surface area contributed by atoms with E-state index in [0.29, 0.717) is 0 Å². The van der Waals surface area contributed by atoms with E-state index in [-0.39, 0.29) is 43.8 Å². The zero-order valence-electron chi connectivity index (χ0n) is 2.37. The smallest absolute Gasteiger partial charge is 1.00 e. The Labute approximate surface area is 44.6 Å². The molecule has 0 rings (SSSR count). The van der Waals surface area contributed by atoms with Crippen LogP contribution in [0.3, 0.4) is 0 Å². The molecule has 6 heavy (non-hydrogen) atoms. The summed E-state index contributed by atoms with van der Waals surface area (Å²) in [6.45, 7) is 0. The Balaban J connectivity index is 0. The van der Waals surface area contributed by atoms with Gasteiger partial charge in [-0.2, -0.15) is 0 Å². The summed E-state index contributed by atoms with van der Waals surface area (Å²) in [7, 11) is 0. The Morgan fingerprint density at radius 1 is 0.500 bits per heavy atom. The van der Waals surface area contributed by atoms with Gasteiger partial charge in [0, 0.05) is 0 Å². The van der Waals surface area contributed by atoms with Crippen LogP contribution in [0.1, 0.15) is 0 Å². The molecule has 0 amide bonds. The summed E-state index contributed by atoms with van der Waals surface area (Å²) in [5.41, 5.74) is 0. The van der Waals surface area contributed by atoms with Gasteiger partial charge >= 0.3 is 19.5 Å². The monoisotopic (exact) mass is 196 g/mol. The first-order valence-electron chi connectivity index (χ1n) is 0. The fourth-order valence-electron chi connectivity index (χ4n) is 0. The Hall–Kier alpha value is 0.303. The largest absolute Gasteiger partial charge is 2.00 e. The fraction of sp³-hybridized carbons (Fsp3) is 0. The maximum absolute atomic E-state index is 0. The minimum Gasteiger partial charge on any atom is -1.00 e. The van der Waals surface area contributed by atoms with Gasteiger partial charge in [-0.15, -0.1) is 0 Å². The van der Waals surface area contributed by atoms with Crippen molar-refractivity contribution in [2.75, 3.05) is 0 Å². The molecule has 0 heterocycles. The molecule has 0 saturated carbocycles. The van der Waals surface area contributed by atoms with Crippen LogP contribution in [0.25, 0.3) is 0 Å². The van der Waals surface area contributed by atoms with Crippen LogP contribution in [-0.4, -0.2) is 5.48 Å². The van der Waals surface area contributed by atoms with Crippen molar-refractivity contribution in [3.63, 3.8) is 0 Å². The summed E-state index contributed by atoms with van der Waals surface area (Å²) in [6.07, 6.45) is 0. The van der Waals surface area contributed by atoms with Gasteiger partial charge in [0.05, 0.1) is 0 Å². The van der Waals surface area contributed by atoms with Gasteiger partial charge in [0.15, 0.2) is 0 Å². The topological polar surface area (TPSA) is 31.5 Å². The minimum absolute atomic E-state index is 0. The van der Waals surface area contributed by atoms with Crippen LogP contribution >= 0.6 is 0 Å². The van der Waals surface area contributed by atoms with Crippen molar-refractivity contribution in [2.45, 2.75) is 0 Å². The van der Waals surface area contributed by atoms with Gasteiger partial charge in [-0.3, -0.25) is 0 Å². The SMILES string of the molecule is O.[F-].[F-].[F-].[F-].[Ru+2]. The van der Waals surface area contributed by atoms with Gasteiger partial charge in [0.2, 0.25) is 0 Å². The number of hydrogen-bond donors (Lipinski definition) is 0. The summed E-state index contributed by atoms with van der Waals surface area (Å²) in [5, 5.41) is 0. The van der Waals surface area contributed by atoms with Crippen molar-refractivity contribution in [1.82, 2.24) is 0 Å². The predicted octanol–water partition coefficient (Wildman–Crippen LogP) is -12.8. The quantitative estimate of drug-likeness (QED) is 0.271. The Morgan fingerprint density at radius 3 is 0.500 bits per heavy atom. The third-order valence-corrected chi connectivity index (χ3v) is 0. The fourth-order valence-corrected chi connectivity index (χ4v) is 0. The van der Waals surface area contributed by atoms with E-state index in [1.165, 1.54) is 0 Å². The van der Waals surface area contributed by atoms with Crippen LogP contribution in [0.15, 0.2) is 0 Å². The second-order valence-electron chi connectivity index (χ2n) is 0. The average molecular weight is 195 g/mol. The minimum atomic E-state index is 0. The van der Waals surface area contributed by atoms with Gasteiger partial charge in [0.25, 0.3) is 0 Å². The van der Waals surface area contributed by atoms with E-state index in [0.717, 1.165) is 0 Å². The standard InChI is InChI=1S/4FH.H2O.Ru/h4*1H;1H2;/q;;;;;+2/p-4. The number of halogens is 4. The van der Waals surface area contributed by atoms with E-state index >= 15 is 0 Å². The van der Waals surface area contributed by atoms with Crippen LogP contribution in [0.2, 0.25) is 0 Å². The molecule has 0 aromatic rings. The summed E-state index contributed by atoms with van der Waals surface area (Å²) in [4.78, 5) is 0. The molecular formula is H2F4ORu-2. The molecule has 0 aromatic carbocycles. The normalized spacial score (nSPS) is 0. The molecule has 0 aliphatic heterocycles. The van der Waals surface area contributed by atoms with Crippen molar-refractivity contribution in [3.8, 4) is 0 Å². The molecule has 0 radical (unpaired) electrons. The first-order chi connectivity index (χ1) is 0. The molecule has 0 fully saturated rings. The third-order valence-electron chi connectivity index (χ3n) is 0. The molecule has 46 valence electrons. The van der Waals surface area contributed by atoms with E-state index in [1.807, 2.05) is 0 Å². The van der Waals surface area contributed by atoms with Crippen LogP contribution in [0.5, 0.6) is 0 Å². The van der Waals surface area contributed by atoms with Gasteiger partial charge < -0.3 is 24.3 Å². The average Bonchev–Trinajstić information content (AvgIpc) is 0. The molecule has 0 aromatic heterocycles. The molecule has 0 aliphatic rings. The number of hydrogen-bond acceptors (Lipinski definition) is 0. The molecule has 0 unspecified atom stereocenters. The van der Waals surface area contributed by atoms with Gasteiger partial charge in [-0.25, -0.2) is 0 Å².